The molecular formula is C14H16N4. The minimum absolute atomic E-state index is 0.802. The van der Waals surface area contributed by atoms with E-state index in [4.69, 9.17) is 5.73 Å². The Morgan fingerprint density at radius 2 is 2.06 bits per heavy atom. The van der Waals surface area contributed by atoms with Crippen LogP contribution in [0.4, 0.5) is 5.69 Å². The highest BCUT2D eigenvalue weighted by Gasteiger charge is 2.06. The molecule has 0 aliphatic carbocycles. The average molecular weight is 240 g/mol. The fourth-order valence-corrected chi connectivity index (χ4v) is 2.34. The third-order valence-electron chi connectivity index (χ3n) is 3.23. The third-order valence-corrected chi connectivity index (χ3v) is 3.23. The largest absolute Gasteiger partial charge is 0.399 e. The number of rotatable bonds is 2. The number of hydrogen-bond acceptors (Lipinski definition) is 2. The molecule has 3 rings (SSSR count). The lowest BCUT2D eigenvalue weighted by Crippen LogP contribution is -2.04. The molecule has 18 heavy (non-hydrogen) atoms. The number of nitrogens with two attached hydrogens (primary N) is 1. The summed E-state index contributed by atoms with van der Waals surface area (Å²) in [5.74, 6) is 0. The lowest BCUT2D eigenvalue weighted by molar-refractivity contribution is 0.673. The smallest absolute Gasteiger partial charge is 0.0645 e. The quantitative estimate of drug-likeness (QED) is 0.699. The summed E-state index contributed by atoms with van der Waals surface area (Å²) in [7, 11) is 1.98. The molecule has 92 valence electrons. The Bertz CT molecular complexity index is 706. The van der Waals surface area contributed by atoms with Crippen LogP contribution in [0.15, 0.2) is 36.5 Å². The standard InChI is InChI=1S/C14H16N4/c1-10-7-13(17(2)16-10)9-18-6-5-11-8-12(15)3-4-14(11)18/h3-8H,9,15H2,1-2H3. The average Bonchev–Trinajstić information content (AvgIpc) is 2.84. The van der Waals surface area contributed by atoms with Crippen molar-refractivity contribution in [2.75, 3.05) is 5.73 Å². The van der Waals surface area contributed by atoms with Crippen molar-refractivity contribution in [2.45, 2.75) is 13.5 Å². The summed E-state index contributed by atoms with van der Waals surface area (Å²) in [5, 5.41) is 5.54. The topological polar surface area (TPSA) is 48.8 Å². The zero-order chi connectivity index (χ0) is 12.7. The first-order valence-corrected chi connectivity index (χ1v) is 5.97. The van der Waals surface area contributed by atoms with E-state index in [0.29, 0.717) is 0 Å². The fraction of sp³-hybridized carbons (Fsp3) is 0.214. The van der Waals surface area contributed by atoms with E-state index in [1.807, 2.05) is 30.8 Å². The van der Waals surface area contributed by atoms with Crippen molar-refractivity contribution in [3.05, 3.63) is 47.9 Å². The Labute approximate surface area is 106 Å². The normalized spacial score (nSPS) is 11.2. The number of aromatic nitrogens is 3. The van der Waals surface area contributed by atoms with E-state index in [9.17, 15) is 0 Å². The Morgan fingerprint density at radius 1 is 1.22 bits per heavy atom. The van der Waals surface area contributed by atoms with Crippen LogP contribution in [0.25, 0.3) is 10.9 Å². The summed E-state index contributed by atoms with van der Waals surface area (Å²) >= 11 is 0. The van der Waals surface area contributed by atoms with Crippen LogP contribution in [-0.4, -0.2) is 14.3 Å². The van der Waals surface area contributed by atoms with E-state index >= 15 is 0 Å². The number of nitrogen functional groups attached to an aromatic ring is 1. The molecule has 2 N–H and O–H groups in total. The molecule has 0 radical (unpaired) electrons. The second kappa shape index (κ2) is 3.91. The SMILES string of the molecule is Cc1cc(Cn2ccc3cc(N)ccc32)n(C)n1. The number of anilines is 1. The van der Waals surface area contributed by atoms with Crippen molar-refractivity contribution in [3.63, 3.8) is 0 Å². The number of fused-ring (bicyclic) bond motifs is 1. The van der Waals surface area contributed by atoms with Crippen LogP contribution in [0, 0.1) is 6.92 Å². The summed E-state index contributed by atoms with van der Waals surface area (Å²) in [6.07, 6.45) is 2.09. The second-order valence-electron chi connectivity index (χ2n) is 4.66. The Hall–Kier alpha value is -2.23. The van der Waals surface area contributed by atoms with E-state index < -0.39 is 0 Å². The number of hydrogen-bond donors (Lipinski definition) is 1. The van der Waals surface area contributed by atoms with Gasteiger partial charge in [0.05, 0.1) is 17.9 Å². The molecule has 2 aromatic heterocycles. The van der Waals surface area contributed by atoms with Crippen LogP contribution in [-0.2, 0) is 13.6 Å². The van der Waals surface area contributed by atoms with Crippen molar-refractivity contribution < 1.29 is 0 Å². The predicted molar refractivity (Wildman–Crippen MR) is 73.4 cm³/mol. The molecular weight excluding hydrogens is 224 g/mol. The molecule has 0 fully saturated rings. The van der Waals surface area contributed by atoms with Crippen molar-refractivity contribution in [2.24, 2.45) is 7.05 Å². The molecule has 0 amide bonds. The second-order valence-corrected chi connectivity index (χ2v) is 4.66. The molecule has 0 atom stereocenters. The zero-order valence-corrected chi connectivity index (χ0v) is 10.6. The molecule has 3 aromatic rings. The Balaban J connectivity index is 2.02. The maximum Gasteiger partial charge on any atom is 0.0645 e. The minimum Gasteiger partial charge on any atom is -0.399 e. The number of nitrogens with zero attached hydrogens (tertiary/aromatic N) is 3. The molecule has 0 aliphatic heterocycles. The van der Waals surface area contributed by atoms with Gasteiger partial charge >= 0.3 is 0 Å². The maximum absolute atomic E-state index is 5.79. The van der Waals surface area contributed by atoms with Gasteiger partial charge in [0, 0.05) is 29.8 Å². The molecule has 2 heterocycles. The van der Waals surface area contributed by atoms with Crippen molar-refractivity contribution in [1.29, 1.82) is 0 Å². The molecule has 0 bridgehead atoms. The van der Waals surface area contributed by atoms with Crippen LogP contribution in [0.5, 0.6) is 0 Å². The van der Waals surface area contributed by atoms with Crippen molar-refractivity contribution >= 4 is 16.6 Å². The highest BCUT2D eigenvalue weighted by Crippen LogP contribution is 2.20. The zero-order valence-electron chi connectivity index (χ0n) is 10.6. The van der Waals surface area contributed by atoms with Gasteiger partial charge in [0.1, 0.15) is 0 Å². The maximum atomic E-state index is 5.79. The lowest BCUT2D eigenvalue weighted by atomic mass is 10.2. The first-order valence-electron chi connectivity index (χ1n) is 5.97. The summed E-state index contributed by atoms with van der Waals surface area (Å²) < 4.78 is 4.14. The summed E-state index contributed by atoms with van der Waals surface area (Å²) in [6.45, 7) is 2.84. The van der Waals surface area contributed by atoms with E-state index in [1.165, 1.54) is 16.6 Å². The molecule has 0 saturated carbocycles. The van der Waals surface area contributed by atoms with Crippen molar-refractivity contribution in [1.82, 2.24) is 14.3 Å². The van der Waals surface area contributed by atoms with Gasteiger partial charge in [-0.15, -0.1) is 0 Å². The highest BCUT2D eigenvalue weighted by molar-refractivity contribution is 5.83. The van der Waals surface area contributed by atoms with Gasteiger partial charge in [0.2, 0.25) is 0 Å². The van der Waals surface area contributed by atoms with Gasteiger partial charge < -0.3 is 10.3 Å². The first kappa shape index (κ1) is 10.9. The van der Waals surface area contributed by atoms with Crippen LogP contribution in [0.2, 0.25) is 0 Å². The van der Waals surface area contributed by atoms with Gasteiger partial charge in [0.25, 0.3) is 0 Å². The summed E-state index contributed by atoms with van der Waals surface area (Å²) in [6, 6.07) is 10.2. The summed E-state index contributed by atoms with van der Waals surface area (Å²) in [4.78, 5) is 0. The van der Waals surface area contributed by atoms with Crippen LogP contribution < -0.4 is 5.73 Å². The Kier molecular flexibility index (Phi) is 2.37. The molecule has 0 aliphatic rings. The van der Waals surface area contributed by atoms with Gasteiger partial charge in [-0.1, -0.05) is 0 Å². The van der Waals surface area contributed by atoms with Crippen LogP contribution in [0.1, 0.15) is 11.4 Å². The summed E-state index contributed by atoms with van der Waals surface area (Å²) in [5.41, 5.74) is 10.0. The molecule has 0 unspecified atom stereocenters. The molecule has 0 saturated heterocycles. The van der Waals surface area contributed by atoms with E-state index in [2.05, 4.69) is 34.1 Å². The fourth-order valence-electron chi connectivity index (χ4n) is 2.34. The van der Waals surface area contributed by atoms with E-state index in [-0.39, 0.29) is 0 Å². The number of aryl methyl sites for hydroxylation is 2. The van der Waals surface area contributed by atoms with Gasteiger partial charge in [-0.25, -0.2) is 0 Å². The molecule has 0 spiro atoms. The van der Waals surface area contributed by atoms with Gasteiger partial charge in [-0.2, -0.15) is 5.10 Å². The predicted octanol–water partition coefficient (Wildman–Crippen LogP) is 2.31. The third kappa shape index (κ3) is 1.76. The monoisotopic (exact) mass is 240 g/mol. The minimum atomic E-state index is 0.802. The lowest BCUT2D eigenvalue weighted by Gasteiger charge is -2.06. The van der Waals surface area contributed by atoms with Gasteiger partial charge in [0.15, 0.2) is 0 Å². The Morgan fingerprint density at radius 3 is 2.78 bits per heavy atom. The molecule has 4 heteroatoms. The molecule has 1 aromatic carbocycles. The van der Waals surface area contributed by atoms with Crippen molar-refractivity contribution in [3.8, 4) is 0 Å². The first-order chi connectivity index (χ1) is 8.63. The van der Waals surface area contributed by atoms with Crippen LogP contribution >= 0.6 is 0 Å². The van der Waals surface area contributed by atoms with E-state index in [1.54, 1.807) is 0 Å². The van der Waals surface area contributed by atoms with E-state index in [0.717, 1.165) is 17.9 Å². The highest BCUT2D eigenvalue weighted by atomic mass is 15.3. The van der Waals surface area contributed by atoms with Gasteiger partial charge in [-0.3, -0.25) is 4.68 Å². The van der Waals surface area contributed by atoms with Crippen LogP contribution in [0.3, 0.4) is 0 Å². The number of benzene rings is 1. The molecule has 4 nitrogen and oxygen atoms in total. The van der Waals surface area contributed by atoms with Gasteiger partial charge in [-0.05, 0) is 37.3 Å².